The van der Waals surface area contributed by atoms with Crippen molar-refractivity contribution in [1.82, 2.24) is 9.55 Å². The molecule has 0 saturated heterocycles. The SMILES string of the molecule is CC(C)c1nccn1CCOc1cccc(C#N)c1. The van der Waals surface area contributed by atoms with E-state index in [2.05, 4.69) is 29.5 Å². The van der Waals surface area contributed by atoms with Gasteiger partial charge in [-0.3, -0.25) is 0 Å². The Bertz CT molecular complexity index is 581. The number of hydrogen-bond donors (Lipinski definition) is 0. The fourth-order valence-corrected chi connectivity index (χ4v) is 1.93. The van der Waals surface area contributed by atoms with E-state index in [0.29, 0.717) is 18.1 Å². The predicted octanol–water partition coefficient (Wildman–Crippen LogP) is 2.96. The second-order valence-corrected chi connectivity index (χ2v) is 4.62. The fourth-order valence-electron chi connectivity index (χ4n) is 1.93. The van der Waals surface area contributed by atoms with Gasteiger partial charge in [-0.2, -0.15) is 5.26 Å². The summed E-state index contributed by atoms with van der Waals surface area (Å²) in [6, 6.07) is 9.29. The van der Waals surface area contributed by atoms with Crippen LogP contribution < -0.4 is 4.74 Å². The molecule has 1 aromatic carbocycles. The van der Waals surface area contributed by atoms with Gasteiger partial charge < -0.3 is 9.30 Å². The highest BCUT2D eigenvalue weighted by Crippen LogP contribution is 2.14. The summed E-state index contributed by atoms with van der Waals surface area (Å²) in [6.07, 6.45) is 3.77. The van der Waals surface area contributed by atoms with Crippen molar-refractivity contribution in [3.8, 4) is 11.8 Å². The number of hydrogen-bond acceptors (Lipinski definition) is 3. The molecule has 2 rings (SSSR count). The van der Waals surface area contributed by atoms with Crippen molar-refractivity contribution in [3.05, 3.63) is 48.0 Å². The van der Waals surface area contributed by atoms with Gasteiger partial charge in [0, 0.05) is 18.3 Å². The molecule has 4 nitrogen and oxygen atoms in total. The highest BCUT2D eigenvalue weighted by atomic mass is 16.5. The lowest BCUT2D eigenvalue weighted by Crippen LogP contribution is -2.11. The predicted molar refractivity (Wildman–Crippen MR) is 73.0 cm³/mol. The summed E-state index contributed by atoms with van der Waals surface area (Å²) in [4.78, 5) is 4.33. The highest BCUT2D eigenvalue weighted by Gasteiger charge is 2.06. The van der Waals surface area contributed by atoms with E-state index in [-0.39, 0.29) is 0 Å². The van der Waals surface area contributed by atoms with Crippen LogP contribution >= 0.6 is 0 Å². The van der Waals surface area contributed by atoms with E-state index in [0.717, 1.165) is 18.1 Å². The second kappa shape index (κ2) is 6.05. The van der Waals surface area contributed by atoms with E-state index in [1.165, 1.54) is 0 Å². The molecule has 0 aliphatic heterocycles. The van der Waals surface area contributed by atoms with E-state index in [1.54, 1.807) is 12.1 Å². The Kier molecular flexibility index (Phi) is 4.19. The summed E-state index contributed by atoms with van der Waals surface area (Å²) in [5.41, 5.74) is 0.614. The zero-order valence-electron chi connectivity index (χ0n) is 11.2. The van der Waals surface area contributed by atoms with E-state index in [9.17, 15) is 0 Å². The maximum Gasteiger partial charge on any atom is 0.120 e. The molecule has 0 fully saturated rings. The minimum absolute atomic E-state index is 0.400. The molecule has 0 atom stereocenters. The molecule has 0 amide bonds. The van der Waals surface area contributed by atoms with Crippen LogP contribution in [0, 0.1) is 11.3 Å². The molecule has 1 aromatic heterocycles. The number of aromatic nitrogens is 2. The first kappa shape index (κ1) is 13.2. The first-order chi connectivity index (χ1) is 9.20. The van der Waals surface area contributed by atoms with Gasteiger partial charge in [0.2, 0.25) is 0 Å². The Morgan fingerprint density at radius 2 is 2.26 bits per heavy atom. The van der Waals surface area contributed by atoms with Crippen LogP contribution in [-0.2, 0) is 6.54 Å². The molecule has 4 heteroatoms. The molecule has 0 spiro atoms. The molecule has 0 radical (unpaired) electrons. The Morgan fingerprint density at radius 1 is 1.42 bits per heavy atom. The summed E-state index contributed by atoms with van der Waals surface area (Å²) >= 11 is 0. The zero-order chi connectivity index (χ0) is 13.7. The van der Waals surface area contributed by atoms with Gasteiger partial charge in [-0.25, -0.2) is 4.98 Å². The topological polar surface area (TPSA) is 50.8 Å². The largest absolute Gasteiger partial charge is 0.492 e. The lowest BCUT2D eigenvalue weighted by Gasteiger charge is -2.11. The van der Waals surface area contributed by atoms with E-state index < -0.39 is 0 Å². The van der Waals surface area contributed by atoms with Gasteiger partial charge >= 0.3 is 0 Å². The normalized spacial score (nSPS) is 10.4. The molecule has 0 saturated carbocycles. The average Bonchev–Trinajstić information content (AvgIpc) is 2.87. The molecule has 98 valence electrons. The summed E-state index contributed by atoms with van der Waals surface area (Å²) in [7, 11) is 0. The van der Waals surface area contributed by atoms with Crippen LogP contribution in [0.2, 0.25) is 0 Å². The number of benzene rings is 1. The van der Waals surface area contributed by atoms with Crippen molar-refractivity contribution in [1.29, 1.82) is 5.26 Å². The van der Waals surface area contributed by atoms with E-state index in [1.807, 2.05) is 24.5 Å². The Balaban J connectivity index is 1.93. The van der Waals surface area contributed by atoms with Crippen LogP contribution in [0.25, 0.3) is 0 Å². The van der Waals surface area contributed by atoms with Crippen molar-refractivity contribution in [3.63, 3.8) is 0 Å². The van der Waals surface area contributed by atoms with Crippen LogP contribution in [0.5, 0.6) is 5.75 Å². The molecular weight excluding hydrogens is 238 g/mol. The number of ether oxygens (including phenoxy) is 1. The first-order valence-corrected chi connectivity index (χ1v) is 6.34. The summed E-state index contributed by atoms with van der Waals surface area (Å²) in [6.45, 7) is 5.56. The van der Waals surface area contributed by atoms with Crippen LogP contribution in [0.4, 0.5) is 0 Å². The lowest BCUT2D eigenvalue weighted by molar-refractivity contribution is 0.295. The van der Waals surface area contributed by atoms with Crippen molar-refractivity contribution in [2.24, 2.45) is 0 Å². The second-order valence-electron chi connectivity index (χ2n) is 4.62. The lowest BCUT2D eigenvalue weighted by atomic mass is 10.2. The average molecular weight is 255 g/mol. The smallest absolute Gasteiger partial charge is 0.120 e. The number of rotatable bonds is 5. The summed E-state index contributed by atoms with van der Waals surface area (Å²) in [5.74, 6) is 2.19. The minimum Gasteiger partial charge on any atom is -0.492 e. The molecular formula is C15H17N3O. The molecule has 2 aromatic rings. The Hall–Kier alpha value is -2.28. The van der Waals surface area contributed by atoms with Gasteiger partial charge in [0.05, 0.1) is 18.2 Å². The number of nitriles is 1. The van der Waals surface area contributed by atoms with E-state index >= 15 is 0 Å². The van der Waals surface area contributed by atoms with Gasteiger partial charge in [0.1, 0.15) is 18.2 Å². The number of nitrogens with zero attached hydrogens (tertiary/aromatic N) is 3. The van der Waals surface area contributed by atoms with Gasteiger partial charge in [-0.1, -0.05) is 19.9 Å². The van der Waals surface area contributed by atoms with Gasteiger partial charge in [-0.15, -0.1) is 0 Å². The molecule has 0 aliphatic carbocycles. The first-order valence-electron chi connectivity index (χ1n) is 6.34. The van der Waals surface area contributed by atoms with Crippen LogP contribution in [0.15, 0.2) is 36.7 Å². The van der Waals surface area contributed by atoms with Crippen molar-refractivity contribution < 1.29 is 4.74 Å². The highest BCUT2D eigenvalue weighted by molar-refractivity contribution is 5.36. The Morgan fingerprint density at radius 3 is 3.00 bits per heavy atom. The molecule has 19 heavy (non-hydrogen) atoms. The van der Waals surface area contributed by atoms with E-state index in [4.69, 9.17) is 10.00 Å². The molecule has 0 unspecified atom stereocenters. The van der Waals surface area contributed by atoms with Gasteiger partial charge in [0.15, 0.2) is 0 Å². The molecule has 0 bridgehead atoms. The van der Waals surface area contributed by atoms with Gasteiger partial charge in [0.25, 0.3) is 0 Å². The van der Waals surface area contributed by atoms with Crippen LogP contribution in [0.3, 0.4) is 0 Å². The molecule has 0 aliphatic rings. The van der Waals surface area contributed by atoms with Crippen molar-refractivity contribution in [2.75, 3.05) is 6.61 Å². The zero-order valence-corrected chi connectivity index (χ0v) is 11.2. The summed E-state index contributed by atoms with van der Waals surface area (Å²) in [5, 5.41) is 8.82. The van der Waals surface area contributed by atoms with Gasteiger partial charge in [-0.05, 0) is 18.2 Å². The third-order valence-electron chi connectivity index (χ3n) is 2.83. The Labute approximate surface area is 113 Å². The molecule has 0 N–H and O–H groups in total. The van der Waals surface area contributed by atoms with Crippen LogP contribution in [-0.4, -0.2) is 16.2 Å². The third kappa shape index (κ3) is 3.35. The quantitative estimate of drug-likeness (QED) is 0.825. The van der Waals surface area contributed by atoms with Crippen molar-refractivity contribution in [2.45, 2.75) is 26.3 Å². The number of imidazole rings is 1. The maximum atomic E-state index is 8.82. The minimum atomic E-state index is 0.400. The maximum absolute atomic E-state index is 8.82. The third-order valence-corrected chi connectivity index (χ3v) is 2.83. The summed E-state index contributed by atoms with van der Waals surface area (Å²) < 4.78 is 7.75. The standard InChI is InChI=1S/C15H17N3O/c1-12(2)15-17-6-7-18(15)8-9-19-14-5-3-4-13(10-14)11-16/h3-7,10,12H,8-9H2,1-2H3. The fraction of sp³-hybridized carbons (Fsp3) is 0.333. The monoisotopic (exact) mass is 255 g/mol. The van der Waals surface area contributed by atoms with Crippen molar-refractivity contribution >= 4 is 0 Å². The van der Waals surface area contributed by atoms with Crippen LogP contribution in [0.1, 0.15) is 31.2 Å². The molecule has 1 heterocycles.